The van der Waals surface area contributed by atoms with Gasteiger partial charge in [-0.25, -0.2) is 0 Å². The summed E-state index contributed by atoms with van der Waals surface area (Å²) in [5.74, 6) is -0.165. The summed E-state index contributed by atoms with van der Waals surface area (Å²) < 4.78 is 28.1. The van der Waals surface area contributed by atoms with E-state index in [1.165, 1.54) is 24.3 Å². The molecular formula is C13H17ClF2N2O2. The molecule has 1 aromatic rings. The molecule has 1 atom stereocenters. The highest BCUT2D eigenvalue weighted by Crippen LogP contribution is 2.14. The van der Waals surface area contributed by atoms with Crippen molar-refractivity contribution < 1.29 is 18.3 Å². The van der Waals surface area contributed by atoms with Gasteiger partial charge in [0.1, 0.15) is 5.75 Å². The monoisotopic (exact) mass is 306 g/mol. The number of halogens is 3. The lowest BCUT2D eigenvalue weighted by atomic mass is 10.2. The third-order valence-electron chi connectivity index (χ3n) is 3.01. The zero-order valence-corrected chi connectivity index (χ0v) is 11.6. The van der Waals surface area contributed by atoms with Crippen molar-refractivity contribution in [1.29, 1.82) is 0 Å². The van der Waals surface area contributed by atoms with Gasteiger partial charge in [-0.2, -0.15) is 8.78 Å². The van der Waals surface area contributed by atoms with E-state index in [0.29, 0.717) is 18.2 Å². The molecule has 1 aromatic carbocycles. The SMILES string of the molecule is Cl.O=C(NCC1CCCN1)c1ccc(OC(F)F)cc1. The van der Waals surface area contributed by atoms with Gasteiger partial charge >= 0.3 is 6.61 Å². The number of ether oxygens (including phenoxy) is 1. The van der Waals surface area contributed by atoms with E-state index < -0.39 is 6.61 Å². The van der Waals surface area contributed by atoms with Crippen LogP contribution in [0.25, 0.3) is 0 Å². The summed E-state index contributed by atoms with van der Waals surface area (Å²) >= 11 is 0. The standard InChI is InChI=1S/C13H16F2N2O2.ClH/c14-13(15)19-11-5-3-9(4-6-11)12(18)17-8-10-2-1-7-16-10;/h3-6,10,13,16H,1-2,7-8H2,(H,17,18);1H. The maximum atomic E-state index is 12.0. The Kier molecular flexibility index (Phi) is 6.67. The number of nitrogens with one attached hydrogen (secondary N) is 2. The van der Waals surface area contributed by atoms with Crippen LogP contribution in [0.1, 0.15) is 23.2 Å². The molecule has 1 heterocycles. The molecule has 1 unspecified atom stereocenters. The quantitative estimate of drug-likeness (QED) is 0.877. The van der Waals surface area contributed by atoms with Crippen LogP contribution in [-0.2, 0) is 0 Å². The zero-order valence-electron chi connectivity index (χ0n) is 10.8. The Hall–Kier alpha value is -1.40. The minimum atomic E-state index is -2.85. The molecule has 0 bridgehead atoms. The van der Waals surface area contributed by atoms with Gasteiger partial charge in [-0.05, 0) is 43.7 Å². The first-order valence-corrected chi connectivity index (χ1v) is 6.21. The van der Waals surface area contributed by atoms with Crippen molar-refractivity contribution in [3.63, 3.8) is 0 Å². The van der Waals surface area contributed by atoms with E-state index in [-0.39, 0.29) is 24.1 Å². The summed E-state index contributed by atoms with van der Waals surface area (Å²) in [5.41, 5.74) is 0.430. The molecule has 20 heavy (non-hydrogen) atoms. The Labute approximate surface area is 122 Å². The highest BCUT2D eigenvalue weighted by Gasteiger charge is 2.15. The van der Waals surface area contributed by atoms with Gasteiger partial charge in [-0.1, -0.05) is 0 Å². The normalized spacial score (nSPS) is 17.6. The largest absolute Gasteiger partial charge is 0.435 e. The second-order valence-corrected chi connectivity index (χ2v) is 4.41. The molecule has 0 spiro atoms. The number of carbonyl (C=O) groups excluding carboxylic acids is 1. The molecule has 7 heteroatoms. The number of rotatable bonds is 5. The zero-order chi connectivity index (χ0) is 13.7. The van der Waals surface area contributed by atoms with Gasteiger partial charge in [0, 0.05) is 18.2 Å². The molecule has 1 fully saturated rings. The smallest absolute Gasteiger partial charge is 0.387 e. The van der Waals surface area contributed by atoms with Crippen LogP contribution in [0, 0.1) is 0 Å². The molecule has 112 valence electrons. The molecule has 1 aliphatic heterocycles. The molecule has 0 aromatic heterocycles. The third kappa shape index (κ3) is 4.94. The van der Waals surface area contributed by atoms with E-state index in [1.807, 2.05) is 0 Å². The van der Waals surface area contributed by atoms with Crippen molar-refractivity contribution in [3.8, 4) is 5.75 Å². The van der Waals surface area contributed by atoms with E-state index in [1.54, 1.807) is 0 Å². The Morgan fingerprint density at radius 3 is 2.65 bits per heavy atom. The van der Waals surface area contributed by atoms with Crippen LogP contribution in [0.4, 0.5) is 8.78 Å². The van der Waals surface area contributed by atoms with Crippen molar-refractivity contribution in [1.82, 2.24) is 10.6 Å². The van der Waals surface area contributed by atoms with E-state index in [0.717, 1.165) is 19.4 Å². The van der Waals surface area contributed by atoms with Crippen LogP contribution in [0.3, 0.4) is 0 Å². The Bertz CT molecular complexity index is 423. The fourth-order valence-corrected chi connectivity index (χ4v) is 2.04. The molecule has 1 amide bonds. The van der Waals surface area contributed by atoms with Gasteiger partial charge in [0.05, 0.1) is 0 Å². The minimum Gasteiger partial charge on any atom is -0.435 e. The third-order valence-corrected chi connectivity index (χ3v) is 3.01. The van der Waals surface area contributed by atoms with Crippen molar-refractivity contribution in [2.75, 3.05) is 13.1 Å². The summed E-state index contributed by atoms with van der Waals surface area (Å²) in [6, 6.07) is 5.97. The molecule has 0 radical (unpaired) electrons. The Morgan fingerprint density at radius 2 is 2.10 bits per heavy atom. The molecular weight excluding hydrogens is 290 g/mol. The fraction of sp³-hybridized carbons (Fsp3) is 0.462. The van der Waals surface area contributed by atoms with Crippen molar-refractivity contribution in [2.24, 2.45) is 0 Å². The topological polar surface area (TPSA) is 50.4 Å². The fourth-order valence-electron chi connectivity index (χ4n) is 2.04. The van der Waals surface area contributed by atoms with Crippen LogP contribution < -0.4 is 15.4 Å². The molecule has 0 aliphatic carbocycles. The van der Waals surface area contributed by atoms with Crippen LogP contribution >= 0.6 is 12.4 Å². The summed E-state index contributed by atoms with van der Waals surface area (Å²) in [7, 11) is 0. The molecule has 2 N–H and O–H groups in total. The average molecular weight is 307 g/mol. The first-order chi connectivity index (χ1) is 9.15. The first kappa shape index (κ1) is 16.7. The summed E-state index contributed by atoms with van der Waals surface area (Å²) in [4.78, 5) is 11.8. The number of alkyl halides is 2. The van der Waals surface area contributed by atoms with Gasteiger partial charge in [0.25, 0.3) is 5.91 Å². The lowest BCUT2D eigenvalue weighted by Crippen LogP contribution is -2.37. The highest BCUT2D eigenvalue weighted by molar-refractivity contribution is 5.94. The van der Waals surface area contributed by atoms with Gasteiger partial charge in [-0.3, -0.25) is 4.79 Å². The maximum absolute atomic E-state index is 12.0. The lowest BCUT2D eigenvalue weighted by Gasteiger charge is -2.11. The maximum Gasteiger partial charge on any atom is 0.387 e. The minimum absolute atomic E-state index is 0. The van der Waals surface area contributed by atoms with Crippen molar-refractivity contribution in [2.45, 2.75) is 25.5 Å². The van der Waals surface area contributed by atoms with Crippen LogP contribution in [0.2, 0.25) is 0 Å². The number of carbonyl (C=O) groups is 1. The molecule has 0 saturated carbocycles. The highest BCUT2D eigenvalue weighted by atomic mass is 35.5. The molecule has 1 saturated heterocycles. The average Bonchev–Trinajstić information content (AvgIpc) is 2.89. The summed E-state index contributed by atoms with van der Waals surface area (Å²) in [5, 5.41) is 6.09. The van der Waals surface area contributed by atoms with Crippen LogP contribution in [0.5, 0.6) is 5.75 Å². The van der Waals surface area contributed by atoms with Gasteiger partial charge in [0.15, 0.2) is 0 Å². The number of hydrogen-bond donors (Lipinski definition) is 2. The first-order valence-electron chi connectivity index (χ1n) is 6.21. The van der Waals surface area contributed by atoms with Gasteiger partial charge < -0.3 is 15.4 Å². The number of amides is 1. The Balaban J connectivity index is 0.00000200. The van der Waals surface area contributed by atoms with Crippen LogP contribution in [0.15, 0.2) is 24.3 Å². The van der Waals surface area contributed by atoms with Crippen LogP contribution in [-0.4, -0.2) is 31.7 Å². The lowest BCUT2D eigenvalue weighted by molar-refractivity contribution is -0.0498. The number of hydrogen-bond acceptors (Lipinski definition) is 3. The predicted molar refractivity (Wildman–Crippen MR) is 73.7 cm³/mol. The van der Waals surface area contributed by atoms with Crippen molar-refractivity contribution in [3.05, 3.63) is 29.8 Å². The summed E-state index contributed by atoms with van der Waals surface area (Å²) in [6.45, 7) is -1.29. The second-order valence-electron chi connectivity index (χ2n) is 4.41. The van der Waals surface area contributed by atoms with E-state index >= 15 is 0 Å². The van der Waals surface area contributed by atoms with E-state index in [4.69, 9.17) is 0 Å². The van der Waals surface area contributed by atoms with Gasteiger partial charge in [0.2, 0.25) is 0 Å². The molecule has 2 rings (SSSR count). The molecule has 1 aliphatic rings. The van der Waals surface area contributed by atoms with Gasteiger partial charge in [-0.15, -0.1) is 12.4 Å². The second kappa shape index (κ2) is 8.01. The predicted octanol–water partition coefficient (Wildman–Crippen LogP) is 2.19. The van der Waals surface area contributed by atoms with E-state index in [9.17, 15) is 13.6 Å². The Morgan fingerprint density at radius 1 is 1.40 bits per heavy atom. The summed E-state index contributed by atoms with van der Waals surface area (Å²) in [6.07, 6.45) is 2.18. The van der Waals surface area contributed by atoms with Crippen molar-refractivity contribution >= 4 is 18.3 Å². The molecule has 4 nitrogen and oxygen atoms in total. The van der Waals surface area contributed by atoms with E-state index in [2.05, 4.69) is 15.4 Å². The number of benzene rings is 1.